The molecule has 1 amide bonds. The number of carbonyl (C=O) groups excluding carboxylic acids is 2. The second-order valence-electron chi connectivity index (χ2n) is 10.6. The van der Waals surface area contributed by atoms with Gasteiger partial charge in [0.2, 0.25) is 0 Å². The van der Waals surface area contributed by atoms with Crippen LogP contribution in [0.5, 0.6) is 11.5 Å². The summed E-state index contributed by atoms with van der Waals surface area (Å²) < 4.78 is 22.6. The topological polar surface area (TPSA) is 74.3 Å². The summed E-state index contributed by atoms with van der Waals surface area (Å²) in [5.74, 6) is 2.54. The van der Waals surface area contributed by atoms with Crippen LogP contribution in [0.25, 0.3) is 0 Å². The van der Waals surface area contributed by atoms with Crippen molar-refractivity contribution in [3.05, 3.63) is 23.3 Å². The first-order chi connectivity index (χ1) is 15.7. The van der Waals surface area contributed by atoms with Crippen molar-refractivity contribution >= 4 is 12.1 Å². The van der Waals surface area contributed by atoms with Crippen molar-refractivity contribution in [2.75, 3.05) is 33.4 Å². The van der Waals surface area contributed by atoms with Crippen molar-refractivity contribution in [2.45, 2.75) is 70.8 Å². The molecule has 4 rings (SSSR count). The molecule has 0 radical (unpaired) electrons. The van der Waals surface area contributed by atoms with E-state index >= 15 is 0 Å². The van der Waals surface area contributed by atoms with Crippen LogP contribution in [0.15, 0.2) is 12.1 Å². The highest BCUT2D eigenvalue weighted by Crippen LogP contribution is 2.48. The van der Waals surface area contributed by atoms with Gasteiger partial charge in [-0.25, -0.2) is 4.79 Å². The summed E-state index contributed by atoms with van der Waals surface area (Å²) in [7, 11) is 1.45. The molecule has 2 heterocycles. The van der Waals surface area contributed by atoms with Crippen LogP contribution < -0.4 is 9.47 Å². The van der Waals surface area contributed by atoms with E-state index in [2.05, 4.69) is 12.1 Å². The number of benzene rings is 1. The van der Waals surface area contributed by atoms with E-state index in [-0.39, 0.29) is 18.0 Å². The molecule has 1 aromatic rings. The second kappa shape index (κ2) is 9.82. The van der Waals surface area contributed by atoms with E-state index in [0.717, 1.165) is 54.7 Å². The summed E-state index contributed by atoms with van der Waals surface area (Å²) in [5, 5.41) is 0. The molecule has 1 atom stereocenters. The number of nitrogens with zero attached hydrogens (tertiary/aromatic N) is 1. The molecular formula is C26H37NO6. The lowest BCUT2D eigenvalue weighted by molar-refractivity contribution is -0.141. The number of likely N-dealkylation sites (tertiary alicyclic amines) is 1. The first kappa shape index (κ1) is 23.7. The Labute approximate surface area is 196 Å². The van der Waals surface area contributed by atoms with Crippen LogP contribution in [0.2, 0.25) is 0 Å². The van der Waals surface area contributed by atoms with Crippen LogP contribution in [0.1, 0.15) is 69.9 Å². The monoisotopic (exact) mass is 459 g/mol. The molecule has 2 aliphatic heterocycles. The number of methoxy groups -OCH3 is 1. The maximum Gasteiger partial charge on any atom is 0.410 e. The summed E-state index contributed by atoms with van der Waals surface area (Å²) in [6.07, 6.45) is 5.11. The van der Waals surface area contributed by atoms with E-state index in [9.17, 15) is 9.59 Å². The fourth-order valence-corrected chi connectivity index (χ4v) is 4.75. The Hall–Kier alpha value is -2.44. The van der Waals surface area contributed by atoms with Crippen molar-refractivity contribution in [1.29, 1.82) is 0 Å². The van der Waals surface area contributed by atoms with Gasteiger partial charge in [0, 0.05) is 25.1 Å². The van der Waals surface area contributed by atoms with Crippen LogP contribution in [-0.4, -0.2) is 56.0 Å². The number of hydrogen-bond acceptors (Lipinski definition) is 6. The number of ether oxygens (including phenoxy) is 4. The van der Waals surface area contributed by atoms with Crippen LogP contribution in [0.3, 0.4) is 0 Å². The lowest BCUT2D eigenvalue weighted by atomic mass is 9.89. The largest absolute Gasteiger partial charge is 0.489 e. The van der Waals surface area contributed by atoms with Gasteiger partial charge in [-0.15, -0.1) is 0 Å². The molecule has 1 saturated carbocycles. The summed E-state index contributed by atoms with van der Waals surface area (Å²) >= 11 is 0. The van der Waals surface area contributed by atoms with Crippen molar-refractivity contribution in [3.8, 4) is 11.5 Å². The molecule has 0 spiro atoms. The highest BCUT2D eigenvalue weighted by molar-refractivity contribution is 5.71. The normalized spacial score (nSPS) is 19.5. The standard InChI is InChI=1S/C26H37NO6/c1-26(2,3)33-25(29)27-10-7-17(8-11-27)16-32-22-14-20(13-19-9-12-31-24(19)22)21(18-5-6-18)15-23(28)30-4/h13-14,17-18,21H,5-12,15-16H2,1-4H3. The fourth-order valence-electron chi connectivity index (χ4n) is 4.75. The van der Waals surface area contributed by atoms with Crippen molar-refractivity contribution < 1.29 is 28.5 Å². The SMILES string of the molecule is COC(=O)CC(c1cc2c(c(OCC3CCN(C(=O)OC(C)(C)C)CC3)c1)OCC2)C1CC1. The maximum atomic E-state index is 12.3. The Morgan fingerprint density at radius 2 is 1.88 bits per heavy atom. The average Bonchev–Trinajstić information content (AvgIpc) is 3.50. The summed E-state index contributed by atoms with van der Waals surface area (Å²) in [5.41, 5.74) is 1.84. The maximum absolute atomic E-state index is 12.3. The minimum Gasteiger partial charge on any atom is -0.489 e. The van der Waals surface area contributed by atoms with Gasteiger partial charge >= 0.3 is 12.1 Å². The summed E-state index contributed by atoms with van der Waals surface area (Å²) in [4.78, 5) is 26.1. The van der Waals surface area contributed by atoms with Gasteiger partial charge in [0.1, 0.15) is 5.60 Å². The minimum atomic E-state index is -0.478. The van der Waals surface area contributed by atoms with E-state index in [1.54, 1.807) is 4.90 Å². The van der Waals surface area contributed by atoms with Crippen molar-refractivity contribution in [1.82, 2.24) is 4.90 Å². The van der Waals surface area contributed by atoms with Crippen LogP contribution in [-0.2, 0) is 20.7 Å². The molecule has 0 N–H and O–H groups in total. The lowest BCUT2D eigenvalue weighted by Gasteiger charge is -2.33. The molecule has 7 nitrogen and oxygen atoms in total. The Bertz CT molecular complexity index is 864. The number of fused-ring (bicyclic) bond motifs is 1. The van der Waals surface area contributed by atoms with E-state index in [4.69, 9.17) is 18.9 Å². The molecule has 1 unspecified atom stereocenters. The van der Waals surface area contributed by atoms with Crippen LogP contribution >= 0.6 is 0 Å². The number of amides is 1. The number of carbonyl (C=O) groups is 2. The first-order valence-electron chi connectivity index (χ1n) is 12.2. The number of piperidine rings is 1. The fraction of sp³-hybridized carbons (Fsp3) is 0.692. The molecule has 182 valence electrons. The zero-order valence-electron chi connectivity index (χ0n) is 20.4. The molecule has 3 aliphatic rings. The van der Waals surface area contributed by atoms with E-state index < -0.39 is 5.60 Å². The van der Waals surface area contributed by atoms with E-state index in [0.29, 0.717) is 44.6 Å². The minimum absolute atomic E-state index is 0.164. The molecule has 33 heavy (non-hydrogen) atoms. The quantitative estimate of drug-likeness (QED) is 0.550. The van der Waals surface area contributed by atoms with Gasteiger partial charge in [-0.3, -0.25) is 4.79 Å². The molecule has 2 fully saturated rings. The van der Waals surface area contributed by atoms with Crippen molar-refractivity contribution in [3.63, 3.8) is 0 Å². The molecule has 0 aromatic heterocycles. The third-order valence-electron chi connectivity index (χ3n) is 6.75. The second-order valence-corrected chi connectivity index (χ2v) is 10.6. The zero-order chi connectivity index (χ0) is 23.6. The number of esters is 1. The molecule has 1 aromatic carbocycles. The predicted molar refractivity (Wildman–Crippen MR) is 124 cm³/mol. The van der Waals surface area contributed by atoms with Gasteiger partial charge in [-0.1, -0.05) is 6.07 Å². The highest BCUT2D eigenvalue weighted by Gasteiger charge is 2.35. The zero-order valence-corrected chi connectivity index (χ0v) is 20.4. The predicted octanol–water partition coefficient (Wildman–Crippen LogP) is 4.70. The van der Waals surface area contributed by atoms with Gasteiger partial charge in [-0.2, -0.15) is 0 Å². The average molecular weight is 460 g/mol. The highest BCUT2D eigenvalue weighted by atomic mass is 16.6. The smallest absolute Gasteiger partial charge is 0.410 e. The summed E-state index contributed by atoms with van der Waals surface area (Å²) in [6, 6.07) is 4.27. The Morgan fingerprint density at radius 1 is 1.15 bits per heavy atom. The molecule has 1 saturated heterocycles. The van der Waals surface area contributed by atoms with Crippen LogP contribution in [0, 0.1) is 11.8 Å². The third kappa shape index (κ3) is 6.12. The van der Waals surface area contributed by atoms with E-state index in [1.807, 2.05) is 20.8 Å². The Kier molecular flexibility index (Phi) is 7.05. The summed E-state index contributed by atoms with van der Waals surface area (Å²) in [6.45, 7) is 8.28. The molecular weight excluding hydrogens is 422 g/mol. The lowest BCUT2D eigenvalue weighted by Crippen LogP contribution is -2.42. The van der Waals surface area contributed by atoms with Gasteiger partial charge in [-0.05, 0) is 75.8 Å². The van der Waals surface area contributed by atoms with Gasteiger partial charge in [0.05, 0.1) is 26.7 Å². The Morgan fingerprint density at radius 3 is 2.52 bits per heavy atom. The van der Waals surface area contributed by atoms with Crippen molar-refractivity contribution in [2.24, 2.45) is 11.8 Å². The molecule has 1 aliphatic carbocycles. The third-order valence-corrected chi connectivity index (χ3v) is 6.75. The van der Waals surface area contributed by atoms with Crippen LogP contribution in [0.4, 0.5) is 4.79 Å². The van der Waals surface area contributed by atoms with Gasteiger partial charge < -0.3 is 23.8 Å². The van der Waals surface area contributed by atoms with Gasteiger partial charge in [0.15, 0.2) is 11.5 Å². The van der Waals surface area contributed by atoms with Gasteiger partial charge in [0.25, 0.3) is 0 Å². The van der Waals surface area contributed by atoms with E-state index in [1.165, 1.54) is 7.11 Å². The number of hydrogen-bond donors (Lipinski definition) is 0. The molecule has 0 bridgehead atoms. The Balaban J connectivity index is 1.39. The number of rotatable bonds is 7. The molecule has 7 heteroatoms. The first-order valence-corrected chi connectivity index (χ1v) is 12.2.